The lowest BCUT2D eigenvalue weighted by molar-refractivity contribution is -0.148. The number of carbonyl (C=O) groups excluding carboxylic acids is 2. The second-order valence-electron chi connectivity index (χ2n) is 4.70. The third-order valence-electron chi connectivity index (χ3n) is 3.03. The van der Waals surface area contributed by atoms with Crippen LogP contribution >= 0.6 is 11.3 Å². The Morgan fingerprint density at radius 2 is 2.14 bits per heavy atom. The summed E-state index contributed by atoms with van der Waals surface area (Å²) in [5, 5.41) is 14.6. The number of aliphatic carboxylic acids is 1. The van der Waals surface area contributed by atoms with E-state index < -0.39 is 18.0 Å². The van der Waals surface area contributed by atoms with Crippen molar-refractivity contribution >= 4 is 34.1 Å². The molecule has 1 fully saturated rings. The Labute approximate surface area is 125 Å². The molecule has 1 atom stereocenters. The van der Waals surface area contributed by atoms with E-state index in [-0.39, 0.29) is 18.4 Å². The van der Waals surface area contributed by atoms with Crippen LogP contribution in [0.1, 0.15) is 22.5 Å². The molecule has 0 bridgehead atoms. The molecule has 1 aliphatic carbocycles. The zero-order chi connectivity index (χ0) is 15.4. The minimum atomic E-state index is -1.14. The molecule has 0 radical (unpaired) electrons. The fourth-order valence-corrected chi connectivity index (χ4v) is 2.47. The van der Waals surface area contributed by atoms with E-state index in [2.05, 4.69) is 10.6 Å². The second-order valence-corrected chi connectivity index (χ2v) is 5.78. The third-order valence-corrected chi connectivity index (χ3v) is 4.03. The smallest absolute Gasteiger partial charge is 0.334 e. The minimum absolute atomic E-state index is 0.0193. The normalized spacial score (nSPS) is 15.3. The van der Waals surface area contributed by atoms with Crippen molar-refractivity contribution in [2.75, 3.05) is 19.0 Å². The Morgan fingerprint density at radius 1 is 1.43 bits per heavy atom. The van der Waals surface area contributed by atoms with E-state index in [1.165, 1.54) is 7.11 Å². The monoisotopic (exact) mass is 312 g/mol. The number of anilines is 1. The van der Waals surface area contributed by atoms with Crippen LogP contribution in [0.5, 0.6) is 0 Å². The Hall–Kier alpha value is -1.93. The van der Waals surface area contributed by atoms with Gasteiger partial charge in [-0.05, 0) is 25.0 Å². The number of rotatable bonds is 7. The number of hydrogen-bond donors (Lipinski definition) is 3. The number of carboxylic acids is 1. The molecule has 0 saturated heterocycles. The van der Waals surface area contributed by atoms with Crippen molar-refractivity contribution in [2.45, 2.75) is 18.9 Å². The van der Waals surface area contributed by atoms with E-state index in [9.17, 15) is 14.4 Å². The summed E-state index contributed by atoms with van der Waals surface area (Å²) >= 11 is 1.15. The fourth-order valence-electron chi connectivity index (χ4n) is 1.64. The Bertz CT molecular complexity index is 553. The molecular weight excluding hydrogens is 296 g/mol. The molecule has 114 valence electrons. The molecule has 2 amide bonds. The summed E-state index contributed by atoms with van der Waals surface area (Å²) in [5.74, 6) is -1.45. The van der Waals surface area contributed by atoms with Gasteiger partial charge in [-0.25, -0.2) is 4.79 Å². The molecule has 1 aliphatic rings. The first kappa shape index (κ1) is 15.5. The maximum Gasteiger partial charge on any atom is 0.334 e. The van der Waals surface area contributed by atoms with Crippen molar-refractivity contribution < 1.29 is 24.2 Å². The molecule has 1 aromatic heterocycles. The lowest BCUT2D eigenvalue weighted by Crippen LogP contribution is -2.37. The van der Waals surface area contributed by atoms with E-state index in [0.29, 0.717) is 9.88 Å². The minimum Gasteiger partial charge on any atom is -0.479 e. The molecule has 1 aromatic rings. The molecule has 0 aliphatic heterocycles. The molecule has 21 heavy (non-hydrogen) atoms. The van der Waals surface area contributed by atoms with Gasteiger partial charge >= 0.3 is 5.97 Å². The Kier molecular flexibility index (Phi) is 4.92. The van der Waals surface area contributed by atoms with Gasteiger partial charge in [-0.3, -0.25) is 9.59 Å². The predicted octanol–water partition coefficient (Wildman–Crippen LogP) is 0.926. The number of carboxylic acid groups (broad SMARTS) is 1. The average molecular weight is 312 g/mol. The second kappa shape index (κ2) is 6.68. The van der Waals surface area contributed by atoms with Crippen LogP contribution in [0.15, 0.2) is 12.1 Å². The first-order valence-electron chi connectivity index (χ1n) is 6.45. The van der Waals surface area contributed by atoms with Crippen molar-refractivity contribution in [3.05, 3.63) is 17.0 Å². The van der Waals surface area contributed by atoms with Gasteiger partial charge in [0, 0.05) is 13.0 Å². The Balaban J connectivity index is 1.86. The number of methoxy groups -OCH3 is 1. The van der Waals surface area contributed by atoms with Crippen LogP contribution in [-0.2, 0) is 14.3 Å². The number of carbonyl (C=O) groups is 3. The highest BCUT2D eigenvalue weighted by atomic mass is 32.1. The fraction of sp³-hybridized carbons (Fsp3) is 0.462. The molecular formula is C13H16N2O5S. The molecule has 3 N–H and O–H groups in total. The van der Waals surface area contributed by atoms with Gasteiger partial charge in [0.2, 0.25) is 5.91 Å². The van der Waals surface area contributed by atoms with Crippen molar-refractivity contribution in [1.29, 1.82) is 0 Å². The van der Waals surface area contributed by atoms with Crippen LogP contribution in [0.4, 0.5) is 5.00 Å². The lowest BCUT2D eigenvalue weighted by Gasteiger charge is -2.10. The summed E-state index contributed by atoms with van der Waals surface area (Å²) in [6.07, 6.45) is 0.749. The van der Waals surface area contributed by atoms with Gasteiger partial charge in [0.15, 0.2) is 6.10 Å². The summed E-state index contributed by atoms with van der Waals surface area (Å²) in [7, 11) is 1.27. The molecule has 1 unspecified atom stereocenters. The van der Waals surface area contributed by atoms with Gasteiger partial charge in [-0.15, -0.1) is 11.3 Å². The van der Waals surface area contributed by atoms with Crippen LogP contribution < -0.4 is 10.6 Å². The quantitative estimate of drug-likeness (QED) is 0.694. The topological polar surface area (TPSA) is 105 Å². The summed E-state index contributed by atoms with van der Waals surface area (Å²) in [5.41, 5.74) is 0. The third kappa shape index (κ3) is 4.27. The first-order valence-corrected chi connectivity index (χ1v) is 7.27. The molecule has 1 heterocycles. The summed E-state index contributed by atoms with van der Waals surface area (Å²) in [4.78, 5) is 34.6. The summed E-state index contributed by atoms with van der Waals surface area (Å²) < 4.78 is 4.72. The van der Waals surface area contributed by atoms with Crippen molar-refractivity contribution in [3.8, 4) is 0 Å². The van der Waals surface area contributed by atoms with Gasteiger partial charge in [0.05, 0.1) is 16.4 Å². The molecule has 0 aromatic carbocycles. The van der Waals surface area contributed by atoms with Gasteiger partial charge in [0.25, 0.3) is 5.91 Å². The molecule has 7 nitrogen and oxygen atoms in total. The SMILES string of the molecule is COC(CNC(=O)c1ccc(NC(=O)C2CC2)s1)C(=O)O. The van der Waals surface area contributed by atoms with Gasteiger partial charge in [-0.2, -0.15) is 0 Å². The van der Waals surface area contributed by atoms with Gasteiger partial charge in [0.1, 0.15) is 0 Å². The standard InChI is InChI=1S/C13H16N2O5S/c1-20-8(13(18)19)6-14-12(17)9-4-5-10(21-9)15-11(16)7-2-3-7/h4-5,7-8H,2-3,6H2,1H3,(H,14,17)(H,15,16)(H,18,19). The van der Waals surface area contributed by atoms with E-state index >= 15 is 0 Å². The van der Waals surface area contributed by atoms with E-state index in [1.54, 1.807) is 12.1 Å². The van der Waals surface area contributed by atoms with Crippen molar-refractivity contribution in [2.24, 2.45) is 5.92 Å². The van der Waals surface area contributed by atoms with E-state index in [0.717, 1.165) is 24.2 Å². The van der Waals surface area contributed by atoms with E-state index in [1.807, 2.05) is 0 Å². The van der Waals surface area contributed by atoms with Crippen LogP contribution in [0.2, 0.25) is 0 Å². The molecule has 2 rings (SSSR count). The average Bonchev–Trinajstić information content (AvgIpc) is 3.19. The summed E-state index contributed by atoms with van der Waals surface area (Å²) in [6, 6.07) is 3.25. The van der Waals surface area contributed by atoms with Crippen LogP contribution in [-0.4, -0.2) is 42.6 Å². The van der Waals surface area contributed by atoms with Crippen LogP contribution in [0.3, 0.4) is 0 Å². The zero-order valence-electron chi connectivity index (χ0n) is 11.4. The first-order chi connectivity index (χ1) is 10.0. The highest BCUT2D eigenvalue weighted by Crippen LogP contribution is 2.31. The van der Waals surface area contributed by atoms with E-state index in [4.69, 9.17) is 9.84 Å². The predicted molar refractivity (Wildman–Crippen MR) is 76.4 cm³/mol. The van der Waals surface area contributed by atoms with Crippen molar-refractivity contribution in [3.63, 3.8) is 0 Å². The molecule has 0 spiro atoms. The highest BCUT2D eigenvalue weighted by Gasteiger charge is 2.30. The lowest BCUT2D eigenvalue weighted by atomic mass is 10.3. The maximum absolute atomic E-state index is 11.9. The number of hydrogen-bond acceptors (Lipinski definition) is 5. The number of ether oxygens (including phenoxy) is 1. The van der Waals surface area contributed by atoms with Crippen molar-refractivity contribution in [1.82, 2.24) is 5.32 Å². The Morgan fingerprint density at radius 3 is 2.71 bits per heavy atom. The summed E-state index contributed by atoms with van der Waals surface area (Å²) in [6.45, 7) is -0.119. The number of amides is 2. The van der Waals surface area contributed by atoms with Gasteiger partial charge < -0.3 is 20.5 Å². The van der Waals surface area contributed by atoms with Crippen LogP contribution in [0, 0.1) is 5.92 Å². The number of nitrogens with one attached hydrogen (secondary N) is 2. The molecule has 1 saturated carbocycles. The van der Waals surface area contributed by atoms with Gasteiger partial charge in [-0.1, -0.05) is 0 Å². The number of thiophene rings is 1. The largest absolute Gasteiger partial charge is 0.479 e. The highest BCUT2D eigenvalue weighted by molar-refractivity contribution is 7.18. The molecule has 8 heteroatoms. The zero-order valence-corrected chi connectivity index (χ0v) is 12.2. The maximum atomic E-state index is 11.9. The van der Waals surface area contributed by atoms with Crippen LogP contribution in [0.25, 0.3) is 0 Å².